The molecule has 0 spiro atoms. The highest BCUT2D eigenvalue weighted by Crippen LogP contribution is 2.46. The second kappa shape index (κ2) is 8.57. The quantitative estimate of drug-likeness (QED) is 0.360. The first-order valence-electron chi connectivity index (χ1n) is 10.6. The molecule has 6 nitrogen and oxygen atoms in total. The summed E-state index contributed by atoms with van der Waals surface area (Å²) < 4.78 is 7.81. The standard InChI is InChI=1S/C25H23ClN4O2S/c1-15-12-19(16(2)29(15)14-18-6-5-11-32-18)24-23(20-7-3-4-10-27-20)28-25(33)30(24)21-13-17(26)8-9-22(21)31/h3-13,23-24,31H,14H2,1-2H3,(H,28,33)/t23-,24-/m0/s1. The fourth-order valence-electron chi connectivity index (χ4n) is 4.55. The first-order chi connectivity index (χ1) is 15.9. The van der Waals surface area contributed by atoms with E-state index in [2.05, 4.69) is 34.8 Å². The van der Waals surface area contributed by atoms with E-state index >= 15 is 0 Å². The molecule has 2 atom stereocenters. The number of hydrogen-bond acceptors (Lipinski definition) is 4. The molecule has 1 aromatic carbocycles. The molecule has 4 heterocycles. The highest BCUT2D eigenvalue weighted by molar-refractivity contribution is 7.80. The first-order valence-corrected chi connectivity index (χ1v) is 11.4. The number of aromatic hydroxyl groups is 1. The lowest BCUT2D eigenvalue weighted by molar-refractivity contribution is 0.472. The van der Waals surface area contributed by atoms with E-state index in [9.17, 15) is 5.11 Å². The molecule has 0 unspecified atom stereocenters. The van der Waals surface area contributed by atoms with Crippen LogP contribution in [0.25, 0.3) is 0 Å². The smallest absolute Gasteiger partial charge is 0.174 e. The molecule has 168 valence electrons. The number of phenols is 1. The minimum Gasteiger partial charge on any atom is -0.506 e. The van der Waals surface area contributed by atoms with Crippen LogP contribution in [0.4, 0.5) is 5.69 Å². The second-order valence-corrected chi connectivity index (χ2v) is 8.94. The van der Waals surface area contributed by atoms with Gasteiger partial charge in [-0.3, -0.25) is 4.98 Å². The number of halogens is 1. The summed E-state index contributed by atoms with van der Waals surface area (Å²) in [6.45, 7) is 4.81. The molecule has 8 heteroatoms. The van der Waals surface area contributed by atoms with Gasteiger partial charge in [0.25, 0.3) is 0 Å². The number of hydrogen-bond donors (Lipinski definition) is 2. The van der Waals surface area contributed by atoms with Gasteiger partial charge >= 0.3 is 0 Å². The molecule has 1 saturated heterocycles. The Hall–Kier alpha value is -3.29. The number of nitrogens with zero attached hydrogens (tertiary/aromatic N) is 3. The van der Waals surface area contributed by atoms with Gasteiger partial charge in [0, 0.05) is 22.6 Å². The van der Waals surface area contributed by atoms with Gasteiger partial charge in [0.2, 0.25) is 0 Å². The third kappa shape index (κ3) is 3.87. The average molecular weight is 479 g/mol. The van der Waals surface area contributed by atoms with Crippen molar-refractivity contribution in [2.45, 2.75) is 32.5 Å². The van der Waals surface area contributed by atoms with Crippen LogP contribution >= 0.6 is 23.8 Å². The molecule has 1 fully saturated rings. The number of phenolic OH excluding ortho intramolecular Hbond substituents is 1. The Morgan fingerprint density at radius 3 is 2.73 bits per heavy atom. The molecule has 33 heavy (non-hydrogen) atoms. The zero-order chi connectivity index (χ0) is 23.1. The Labute approximate surface area is 202 Å². The largest absolute Gasteiger partial charge is 0.506 e. The monoisotopic (exact) mass is 478 g/mol. The summed E-state index contributed by atoms with van der Waals surface area (Å²) in [5, 5.41) is 15.2. The molecule has 1 aliphatic heterocycles. The molecule has 5 rings (SSSR count). The Bertz CT molecular complexity index is 1300. The van der Waals surface area contributed by atoms with Crippen molar-refractivity contribution in [3.8, 4) is 5.75 Å². The predicted octanol–water partition coefficient (Wildman–Crippen LogP) is 5.68. The lowest BCUT2D eigenvalue weighted by atomic mass is 9.96. The van der Waals surface area contributed by atoms with E-state index < -0.39 is 0 Å². The third-order valence-corrected chi connectivity index (χ3v) is 6.67. The summed E-state index contributed by atoms with van der Waals surface area (Å²) in [7, 11) is 0. The van der Waals surface area contributed by atoms with Crippen molar-refractivity contribution in [3.05, 3.63) is 100 Å². The van der Waals surface area contributed by atoms with Crippen LogP contribution in [0.5, 0.6) is 5.75 Å². The maximum atomic E-state index is 10.7. The van der Waals surface area contributed by atoms with Gasteiger partial charge in [-0.2, -0.15) is 0 Å². The average Bonchev–Trinajstić information content (AvgIpc) is 3.51. The van der Waals surface area contributed by atoms with E-state index in [-0.39, 0.29) is 17.8 Å². The van der Waals surface area contributed by atoms with E-state index in [4.69, 9.17) is 28.2 Å². The second-order valence-electron chi connectivity index (χ2n) is 8.12. The van der Waals surface area contributed by atoms with E-state index in [0.717, 1.165) is 28.4 Å². The molecule has 1 aliphatic rings. The fourth-order valence-corrected chi connectivity index (χ4v) is 5.05. The van der Waals surface area contributed by atoms with Crippen LogP contribution < -0.4 is 10.2 Å². The van der Waals surface area contributed by atoms with Gasteiger partial charge in [0.15, 0.2) is 5.11 Å². The molecular formula is C25H23ClN4O2S. The summed E-state index contributed by atoms with van der Waals surface area (Å²) in [4.78, 5) is 6.54. The lowest BCUT2D eigenvalue weighted by Gasteiger charge is -2.28. The highest BCUT2D eigenvalue weighted by atomic mass is 35.5. The van der Waals surface area contributed by atoms with Crippen LogP contribution in [0.2, 0.25) is 5.02 Å². The number of thiocarbonyl (C=S) groups is 1. The van der Waals surface area contributed by atoms with Crippen LogP contribution in [0, 0.1) is 13.8 Å². The zero-order valence-electron chi connectivity index (χ0n) is 18.2. The van der Waals surface area contributed by atoms with Crippen molar-refractivity contribution in [2.75, 3.05) is 4.90 Å². The molecule has 0 radical (unpaired) electrons. The van der Waals surface area contributed by atoms with E-state index in [1.165, 1.54) is 0 Å². The summed E-state index contributed by atoms with van der Waals surface area (Å²) in [5.74, 6) is 0.994. The van der Waals surface area contributed by atoms with E-state index in [1.54, 1.807) is 30.7 Å². The number of pyridine rings is 1. The molecule has 4 aromatic rings. The van der Waals surface area contributed by atoms with Gasteiger partial charge in [-0.1, -0.05) is 17.7 Å². The van der Waals surface area contributed by atoms with Crippen LogP contribution in [-0.4, -0.2) is 19.8 Å². The van der Waals surface area contributed by atoms with Gasteiger partial charge in [0.05, 0.1) is 36.3 Å². The number of nitrogens with one attached hydrogen (secondary N) is 1. The Kier molecular flexibility index (Phi) is 5.60. The number of benzene rings is 1. The van der Waals surface area contributed by atoms with E-state index in [1.807, 2.05) is 35.2 Å². The number of rotatable bonds is 5. The molecule has 0 aliphatic carbocycles. The molecule has 3 aromatic heterocycles. The molecule has 0 bridgehead atoms. The Morgan fingerprint density at radius 1 is 1.15 bits per heavy atom. The summed E-state index contributed by atoms with van der Waals surface area (Å²) in [6.07, 6.45) is 3.46. The van der Waals surface area contributed by atoms with Gasteiger partial charge in [-0.05, 0) is 80.2 Å². The Balaban J connectivity index is 1.66. The van der Waals surface area contributed by atoms with Crippen molar-refractivity contribution < 1.29 is 9.52 Å². The van der Waals surface area contributed by atoms with Crippen LogP contribution in [0.3, 0.4) is 0 Å². The minimum absolute atomic E-state index is 0.111. The number of aryl methyl sites for hydroxylation is 1. The van der Waals surface area contributed by atoms with Gasteiger partial charge in [-0.25, -0.2) is 0 Å². The number of anilines is 1. The highest BCUT2D eigenvalue weighted by Gasteiger charge is 2.43. The Morgan fingerprint density at radius 2 is 2.00 bits per heavy atom. The van der Waals surface area contributed by atoms with Crippen molar-refractivity contribution in [3.63, 3.8) is 0 Å². The first kappa shape index (κ1) is 21.6. The van der Waals surface area contributed by atoms with Crippen LogP contribution in [0.15, 0.2) is 71.5 Å². The molecule has 0 amide bonds. The van der Waals surface area contributed by atoms with Gasteiger partial charge in [0.1, 0.15) is 11.5 Å². The minimum atomic E-state index is -0.242. The normalized spacial score (nSPS) is 18.0. The third-order valence-electron chi connectivity index (χ3n) is 6.12. The van der Waals surface area contributed by atoms with Crippen LogP contribution in [0.1, 0.15) is 40.5 Å². The van der Waals surface area contributed by atoms with Crippen molar-refractivity contribution in [1.82, 2.24) is 14.9 Å². The van der Waals surface area contributed by atoms with Crippen LogP contribution in [-0.2, 0) is 6.54 Å². The number of aromatic nitrogens is 2. The fraction of sp³-hybridized carbons (Fsp3) is 0.200. The van der Waals surface area contributed by atoms with Crippen molar-refractivity contribution in [1.29, 1.82) is 0 Å². The van der Waals surface area contributed by atoms with Gasteiger partial charge in [-0.15, -0.1) is 0 Å². The van der Waals surface area contributed by atoms with Crippen molar-refractivity contribution in [2.24, 2.45) is 0 Å². The predicted molar refractivity (Wildman–Crippen MR) is 133 cm³/mol. The SMILES string of the molecule is Cc1cc([C@H]2[C@H](c3ccccn3)NC(=S)N2c2cc(Cl)ccc2O)c(C)n1Cc1ccco1. The van der Waals surface area contributed by atoms with Crippen molar-refractivity contribution >= 4 is 34.6 Å². The van der Waals surface area contributed by atoms with E-state index in [0.29, 0.717) is 22.4 Å². The topological polar surface area (TPSA) is 66.5 Å². The zero-order valence-corrected chi connectivity index (χ0v) is 19.8. The molecular weight excluding hydrogens is 456 g/mol. The maximum absolute atomic E-state index is 10.7. The summed E-state index contributed by atoms with van der Waals surface area (Å²) in [5.41, 5.74) is 4.70. The molecule has 0 saturated carbocycles. The summed E-state index contributed by atoms with van der Waals surface area (Å²) >= 11 is 12.1. The molecule has 2 N–H and O–H groups in total. The summed E-state index contributed by atoms with van der Waals surface area (Å²) in [6, 6.07) is 16.4. The maximum Gasteiger partial charge on any atom is 0.174 e. The lowest BCUT2D eigenvalue weighted by Crippen LogP contribution is -2.29. The number of furan rings is 1. The van der Waals surface area contributed by atoms with Gasteiger partial charge < -0.3 is 24.3 Å².